The molecule has 0 aromatic heterocycles. The van der Waals surface area contributed by atoms with Crippen molar-refractivity contribution in [3.05, 3.63) is 42.5 Å². The van der Waals surface area contributed by atoms with Crippen LogP contribution in [0, 0.1) is 0 Å². The van der Waals surface area contributed by atoms with E-state index in [-0.39, 0.29) is 16.3 Å². The largest absolute Gasteiger partial charge is 0.495 e. The molecule has 2 aliphatic heterocycles. The summed E-state index contributed by atoms with van der Waals surface area (Å²) in [4.78, 5) is 39.9. The van der Waals surface area contributed by atoms with Gasteiger partial charge in [-0.15, -0.1) is 0 Å². The molecule has 0 radical (unpaired) electrons. The van der Waals surface area contributed by atoms with Crippen LogP contribution in [0.5, 0.6) is 5.75 Å². The van der Waals surface area contributed by atoms with Gasteiger partial charge in [0.1, 0.15) is 22.7 Å². The molecule has 2 aromatic rings. The first kappa shape index (κ1) is 26.2. The highest BCUT2D eigenvalue weighted by Crippen LogP contribution is 2.33. The normalized spacial score (nSPS) is 17.4. The summed E-state index contributed by atoms with van der Waals surface area (Å²) in [6, 6.07) is 10.5. The van der Waals surface area contributed by atoms with E-state index in [9.17, 15) is 22.8 Å². The summed E-state index contributed by atoms with van der Waals surface area (Å²) in [5, 5.41) is 5.10. The van der Waals surface area contributed by atoms with Crippen LogP contribution in [0.3, 0.4) is 0 Å². The minimum absolute atomic E-state index is 0.0609. The minimum Gasteiger partial charge on any atom is -0.495 e. The smallest absolute Gasteiger partial charge is 0.325 e. The average molecular weight is 532 g/mol. The van der Waals surface area contributed by atoms with Crippen LogP contribution in [0.1, 0.15) is 13.8 Å². The minimum atomic E-state index is -4.13. The zero-order valence-electron chi connectivity index (χ0n) is 20.7. The van der Waals surface area contributed by atoms with Gasteiger partial charge in [-0.2, -0.15) is 0 Å². The number of nitrogens with one attached hydrogen (secondary N) is 3. The van der Waals surface area contributed by atoms with E-state index < -0.39 is 40.0 Å². The van der Waals surface area contributed by atoms with E-state index in [1.54, 1.807) is 50.2 Å². The topological polar surface area (TPSA) is 146 Å². The van der Waals surface area contributed by atoms with E-state index in [2.05, 4.69) is 15.4 Å². The molecule has 0 saturated carbocycles. The number of morpholine rings is 1. The number of para-hydroxylation sites is 2. The summed E-state index contributed by atoms with van der Waals surface area (Å²) >= 11 is 0. The molecule has 198 valence electrons. The Morgan fingerprint density at radius 3 is 2.49 bits per heavy atom. The Hall–Kier alpha value is -3.84. The van der Waals surface area contributed by atoms with Crippen LogP contribution in [0.2, 0.25) is 0 Å². The molecule has 2 aromatic carbocycles. The second-order valence-electron chi connectivity index (χ2n) is 9.08. The SMILES string of the molecule is COc1ccccc1NS(=O)(=O)c1cc(NC(=O)CN2C(=O)NC(C)(C)C2=O)ccc1N1CCOCC1. The van der Waals surface area contributed by atoms with Gasteiger partial charge in [-0.3, -0.25) is 19.2 Å². The lowest BCUT2D eigenvalue weighted by Gasteiger charge is -2.30. The van der Waals surface area contributed by atoms with Gasteiger partial charge in [-0.25, -0.2) is 13.2 Å². The zero-order chi connectivity index (χ0) is 26.8. The van der Waals surface area contributed by atoms with Crippen LogP contribution in [-0.4, -0.2) is 76.7 Å². The standard InChI is InChI=1S/C24H29N5O7S/c1-24(2)22(31)29(23(32)26-24)15-21(30)25-16-8-9-18(28-10-12-36-13-11-28)20(14-16)37(33,34)27-17-6-4-5-7-19(17)35-3/h4-9,14,27H,10-13,15H2,1-3H3,(H,25,30)(H,26,32). The molecule has 0 unspecified atom stereocenters. The van der Waals surface area contributed by atoms with Crippen LogP contribution in [0.15, 0.2) is 47.4 Å². The molecule has 0 atom stereocenters. The number of ether oxygens (including phenoxy) is 2. The van der Waals surface area contributed by atoms with E-state index in [0.717, 1.165) is 4.90 Å². The Bertz CT molecular complexity index is 1320. The number of urea groups is 1. The van der Waals surface area contributed by atoms with Crippen LogP contribution in [0.4, 0.5) is 21.9 Å². The first-order chi connectivity index (χ1) is 17.5. The number of benzene rings is 2. The molecule has 2 aliphatic rings. The van der Waals surface area contributed by atoms with Gasteiger partial charge in [0.25, 0.3) is 15.9 Å². The fraction of sp³-hybridized carbons (Fsp3) is 0.375. The fourth-order valence-electron chi connectivity index (χ4n) is 4.11. The number of carbonyl (C=O) groups is 3. The molecule has 0 aliphatic carbocycles. The third-order valence-corrected chi connectivity index (χ3v) is 7.38. The Labute approximate surface area is 214 Å². The number of methoxy groups -OCH3 is 1. The van der Waals surface area contributed by atoms with E-state index in [0.29, 0.717) is 37.7 Å². The van der Waals surface area contributed by atoms with Crippen molar-refractivity contribution in [3.63, 3.8) is 0 Å². The van der Waals surface area contributed by atoms with Crippen molar-refractivity contribution in [3.8, 4) is 5.75 Å². The van der Waals surface area contributed by atoms with Crippen molar-refractivity contribution in [2.75, 3.05) is 54.9 Å². The third-order valence-electron chi connectivity index (χ3n) is 5.98. The van der Waals surface area contributed by atoms with Crippen molar-refractivity contribution in [2.24, 2.45) is 0 Å². The summed E-state index contributed by atoms with van der Waals surface area (Å²) in [7, 11) is -2.69. The highest BCUT2D eigenvalue weighted by atomic mass is 32.2. The average Bonchev–Trinajstić information content (AvgIpc) is 3.06. The fourth-order valence-corrected chi connectivity index (χ4v) is 5.43. The lowest BCUT2D eigenvalue weighted by molar-refractivity contribution is -0.132. The summed E-state index contributed by atoms with van der Waals surface area (Å²) in [6.07, 6.45) is 0. The van der Waals surface area contributed by atoms with Crippen molar-refractivity contribution in [1.29, 1.82) is 0 Å². The summed E-state index contributed by atoms with van der Waals surface area (Å²) < 4.78 is 40.4. The van der Waals surface area contributed by atoms with Gasteiger partial charge in [0.2, 0.25) is 5.91 Å². The summed E-state index contributed by atoms with van der Waals surface area (Å²) in [6.45, 7) is 4.44. The Morgan fingerprint density at radius 2 is 1.84 bits per heavy atom. The summed E-state index contributed by atoms with van der Waals surface area (Å²) in [5.74, 6) is -0.833. The van der Waals surface area contributed by atoms with E-state index in [4.69, 9.17) is 9.47 Å². The van der Waals surface area contributed by atoms with Gasteiger partial charge >= 0.3 is 6.03 Å². The highest BCUT2D eigenvalue weighted by Gasteiger charge is 2.44. The number of hydrogen-bond donors (Lipinski definition) is 3. The van der Waals surface area contributed by atoms with Gasteiger partial charge in [-0.1, -0.05) is 12.1 Å². The quantitative estimate of drug-likeness (QED) is 0.436. The van der Waals surface area contributed by atoms with Gasteiger partial charge in [0, 0.05) is 18.8 Å². The van der Waals surface area contributed by atoms with Crippen LogP contribution in [-0.2, 0) is 24.3 Å². The number of imide groups is 1. The molecule has 0 spiro atoms. The Morgan fingerprint density at radius 1 is 1.14 bits per heavy atom. The van der Waals surface area contributed by atoms with E-state index in [1.165, 1.54) is 13.2 Å². The van der Waals surface area contributed by atoms with Crippen LogP contribution < -0.4 is 25.0 Å². The third kappa shape index (κ3) is 5.62. The number of rotatable bonds is 8. The molecule has 2 heterocycles. The van der Waals surface area contributed by atoms with Crippen molar-refractivity contribution in [2.45, 2.75) is 24.3 Å². The summed E-state index contributed by atoms with van der Waals surface area (Å²) in [5.41, 5.74) is -0.218. The second-order valence-corrected chi connectivity index (χ2v) is 10.7. The Balaban J connectivity index is 1.62. The number of hydrogen-bond acceptors (Lipinski definition) is 8. The first-order valence-electron chi connectivity index (χ1n) is 11.6. The molecule has 12 nitrogen and oxygen atoms in total. The molecule has 13 heteroatoms. The molecule has 4 amide bonds. The number of anilines is 3. The zero-order valence-corrected chi connectivity index (χ0v) is 21.6. The molecule has 2 saturated heterocycles. The first-order valence-corrected chi connectivity index (χ1v) is 13.1. The monoisotopic (exact) mass is 531 g/mol. The van der Waals surface area contributed by atoms with E-state index >= 15 is 0 Å². The predicted octanol–water partition coefficient (Wildman–Crippen LogP) is 1.60. The molecule has 2 fully saturated rings. The maximum atomic E-state index is 13.6. The van der Waals surface area contributed by atoms with Crippen molar-refractivity contribution < 1.29 is 32.3 Å². The van der Waals surface area contributed by atoms with Crippen LogP contribution >= 0.6 is 0 Å². The second kappa shape index (κ2) is 10.3. The van der Waals surface area contributed by atoms with Gasteiger partial charge in [0.15, 0.2) is 0 Å². The van der Waals surface area contributed by atoms with Gasteiger partial charge < -0.3 is 25.0 Å². The number of amides is 4. The van der Waals surface area contributed by atoms with Gasteiger partial charge in [-0.05, 0) is 44.2 Å². The molecular formula is C24H29N5O7S. The molecule has 37 heavy (non-hydrogen) atoms. The lowest BCUT2D eigenvalue weighted by Crippen LogP contribution is -2.41. The molecular weight excluding hydrogens is 502 g/mol. The molecule has 0 bridgehead atoms. The van der Waals surface area contributed by atoms with Crippen molar-refractivity contribution in [1.82, 2.24) is 10.2 Å². The molecule has 4 rings (SSSR count). The predicted molar refractivity (Wildman–Crippen MR) is 136 cm³/mol. The maximum absolute atomic E-state index is 13.6. The number of carbonyl (C=O) groups excluding carboxylic acids is 3. The van der Waals surface area contributed by atoms with Crippen molar-refractivity contribution >= 4 is 44.9 Å². The van der Waals surface area contributed by atoms with Gasteiger partial charge in [0.05, 0.1) is 31.7 Å². The van der Waals surface area contributed by atoms with Crippen LogP contribution in [0.25, 0.3) is 0 Å². The maximum Gasteiger partial charge on any atom is 0.325 e. The Kier molecular flexibility index (Phi) is 7.28. The molecule has 3 N–H and O–H groups in total. The highest BCUT2D eigenvalue weighted by molar-refractivity contribution is 7.93. The number of sulfonamides is 1. The lowest BCUT2D eigenvalue weighted by atomic mass is 10.1. The van der Waals surface area contributed by atoms with E-state index in [1.807, 2.05) is 4.90 Å². The number of nitrogens with zero attached hydrogens (tertiary/aromatic N) is 2.